The van der Waals surface area contributed by atoms with Crippen LogP contribution in [-0.4, -0.2) is 20.2 Å². The minimum atomic E-state index is 0.340. The quantitative estimate of drug-likeness (QED) is 0.817. The Morgan fingerprint density at radius 1 is 1.50 bits per heavy atom. The minimum absolute atomic E-state index is 0.340. The summed E-state index contributed by atoms with van der Waals surface area (Å²) in [6.45, 7) is 1.98. The molecule has 0 radical (unpaired) electrons. The largest absolute Gasteiger partial charge is 0.263 e. The second kappa shape index (κ2) is 4.06. The van der Waals surface area contributed by atoms with Gasteiger partial charge in [-0.05, 0) is 6.92 Å². The topological polar surface area (TPSA) is 54.5 Å². The number of thiazole rings is 1. The molecule has 0 saturated carbocycles. The standard InChI is InChI=1S/C8H9ClN4S/c1-5-10-6(4-14-5)2-7-11-8(3-9)13-12-7/h4H,2-3H2,1H3,(H,11,12,13). The molecule has 1 N–H and O–H groups in total. The first-order valence-corrected chi connectivity index (χ1v) is 5.56. The highest BCUT2D eigenvalue weighted by atomic mass is 35.5. The fourth-order valence-electron chi connectivity index (χ4n) is 1.13. The van der Waals surface area contributed by atoms with Crippen LogP contribution in [0.15, 0.2) is 5.38 Å². The van der Waals surface area contributed by atoms with Crippen molar-refractivity contribution in [1.29, 1.82) is 0 Å². The maximum Gasteiger partial charge on any atom is 0.165 e. The Morgan fingerprint density at radius 3 is 2.93 bits per heavy atom. The molecule has 0 unspecified atom stereocenters. The number of rotatable bonds is 3. The van der Waals surface area contributed by atoms with Crippen LogP contribution >= 0.6 is 22.9 Å². The summed E-state index contributed by atoms with van der Waals surface area (Å²) in [5.74, 6) is 1.78. The molecule has 4 nitrogen and oxygen atoms in total. The van der Waals surface area contributed by atoms with Crippen molar-refractivity contribution in [2.24, 2.45) is 0 Å². The SMILES string of the molecule is Cc1nc(Cc2nc(CCl)n[nH]2)cs1. The van der Waals surface area contributed by atoms with Gasteiger partial charge in [0.15, 0.2) is 5.82 Å². The van der Waals surface area contributed by atoms with Crippen LogP contribution in [0.1, 0.15) is 22.4 Å². The van der Waals surface area contributed by atoms with Gasteiger partial charge in [-0.3, -0.25) is 5.10 Å². The molecule has 0 amide bonds. The number of hydrogen-bond donors (Lipinski definition) is 1. The summed E-state index contributed by atoms with van der Waals surface area (Å²) in [6, 6.07) is 0. The lowest BCUT2D eigenvalue weighted by Crippen LogP contribution is -1.91. The van der Waals surface area contributed by atoms with Crippen LogP contribution in [0.4, 0.5) is 0 Å². The predicted octanol–water partition coefficient (Wildman–Crippen LogP) is 1.90. The summed E-state index contributed by atoms with van der Waals surface area (Å²) in [6.07, 6.45) is 0.689. The fourth-order valence-corrected chi connectivity index (χ4v) is 1.87. The number of aryl methyl sites for hydroxylation is 1. The number of hydrogen-bond acceptors (Lipinski definition) is 4. The maximum absolute atomic E-state index is 5.59. The second-order valence-electron chi connectivity index (χ2n) is 2.87. The van der Waals surface area contributed by atoms with Crippen LogP contribution in [0.3, 0.4) is 0 Å². The molecule has 0 aliphatic rings. The Kier molecular flexibility index (Phi) is 2.79. The zero-order chi connectivity index (χ0) is 9.97. The van der Waals surface area contributed by atoms with Gasteiger partial charge in [0, 0.05) is 5.38 Å². The number of aromatic nitrogens is 4. The second-order valence-corrected chi connectivity index (χ2v) is 4.20. The summed E-state index contributed by atoms with van der Waals surface area (Å²) >= 11 is 7.23. The highest BCUT2D eigenvalue weighted by molar-refractivity contribution is 7.09. The Morgan fingerprint density at radius 2 is 2.36 bits per heavy atom. The van der Waals surface area contributed by atoms with E-state index in [0.717, 1.165) is 16.5 Å². The summed E-state index contributed by atoms with van der Waals surface area (Å²) in [4.78, 5) is 8.54. The molecule has 14 heavy (non-hydrogen) atoms. The molecule has 6 heteroatoms. The van der Waals surface area contributed by atoms with Crippen molar-refractivity contribution in [1.82, 2.24) is 20.2 Å². The molecule has 0 aliphatic carbocycles. The highest BCUT2D eigenvalue weighted by Gasteiger charge is 2.05. The average Bonchev–Trinajstić information content (AvgIpc) is 2.76. The molecule has 0 fully saturated rings. The van der Waals surface area contributed by atoms with Gasteiger partial charge in [0.05, 0.1) is 23.0 Å². The molecule has 0 aliphatic heterocycles. The van der Waals surface area contributed by atoms with Gasteiger partial charge in [0.2, 0.25) is 0 Å². The van der Waals surface area contributed by atoms with Crippen LogP contribution in [-0.2, 0) is 12.3 Å². The first kappa shape index (κ1) is 9.61. The number of nitrogens with zero attached hydrogens (tertiary/aromatic N) is 3. The van der Waals surface area contributed by atoms with Gasteiger partial charge in [0.25, 0.3) is 0 Å². The number of alkyl halides is 1. The van der Waals surface area contributed by atoms with Crippen molar-refractivity contribution in [3.05, 3.63) is 27.7 Å². The zero-order valence-electron chi connectivity index (χ0n) is 7.62. The van der Waals surface area contributed by atoms with Crippen molar-refractivity contribution in [3.8, 4) is 0 Å². The number of halogens is 1. The van der Waals surface area contributed by atoms with E-state index in [2.05, 4.69) is 20.2 Å². The number of nitrogens with one attached hydrogen (secondary N) is 1. The van der Waals surface area contributed by atoms with Crippen molar-refractivity contribution in [3.63, 3.8) is 0 Å². The van der Waals surface area contributed by atoms with Gasteiger partial charge in [-0.25, -0.2) is 9.97 Å². The van der Waals surface area contributed by atoms with Crippen LogP contribution < -0.4 is 0 Å². The van der Waals surface area contributed by atoms with Crippen LogP contribution in [0.25, 0.3) is 0 Å². The van der Waals surface area contributed by atoms with Gasteiger partial charge in [-0.15, -0.1) is 22.9 Å². The predicted molar refractivity (Wildman–Crippen MR) is 55.6 cm³/mol. The van der Waals surface area contributed by atoms with E-state index in [1.54, 1.807) is 11.3 Å². The third kappa shape index (κ3) is 2.10. The van der Waals surface area contributed by atoms with Gasteiger partial charge in [-0.1, -0.05) is 0 Å². The van der Waals surface area contributed by atoms with Crippen molar-refractivity contribution < 1.29 is 0 Å². The molecule has 2 rings (SSSR count). The molecule has 2 aromatic heterocycles. The van der Waals surface area contributed by atoms with E-state index < -0.39 is 0 Å². The molecule has 0 atom stereocenters. The minimum Gasteiger partial charge on any atom is -0.263 e. The van der Waals surface area contributed by atoms with Crippen molar-refractivity contribution >= 4 is 22.9 Å². The van der Waals surface area contributed by atoms with Crippen LogP contribution in [0.2, 0.25) is 0 Å². The van der Waals surface area contributed by atoms with Crippen molar-refractivity contribution in [2.45, 2.75) is 19.2 Å². The fraction of sp³-hybridized carbons (Fsp3) is 0.375. The van der Waals surface area contributed by atoms with Gasteiger partial charge in [-0.2, -0.15) is 5.10 Å². The Bertz CT molecular complexity index is 422. The lowest BCUT2D eigenvalue weighted by atomic mass is 10.3. The average molecular weight is 229 g/mol. The first-order chi connectivity index (χ1) is 6.78. The lowest BCUT2D eigenvalue weighted by Gasteiger charge is -1.89. The molecule has 74 valence electrons. The molecule has 2 aromatic rings. The monoisotopic (exact) mass is 228 g/mol. The first-order valence-electron chi connectivity index (χ1n) is 4.15. The Labute approximate surface area is 90.4 Å². The van der Waals surface area contributed by atoms with Gasteiger partial charge >= 0.3 is 0 Å². The summed E-state index contributed by atoms with van der Waals surface area (Å²) in [5, 5.41) is 9.87. The van der Waals surface area contributed by atoms with Gasteiger partial charge < -0.3 is 0 Å². The number of aromatic amines is 1. The van der Waals surface area contributed by atoms with Crippen LogP contribution in [0, 0.1) is 6.92 Å². The van der Waals surface area contributed by atoms with E-state index >= 15 is 0 Å². The zero-order valence-corrected chi connectivity index (χ0v) is 9.19. The Balaban J connectivity index is 2.10. The van der Waals surface area contributed by atoms with Gasteiger partial charge in [0.1, 0.15) is 5.82 Å². The Hall–Kier alpha value is -0.940. The lowest BCUT2D eigenvalue weighted by molar-refractivity contribution is 0.945. The molecule has 0 aromatic carbocycles. The highest BCUT2D eigenvalue weighted by Crippen LogP contribution is 2.10. The van der Waals surface area contributed by atoms with E-state index in [0.29, 0.717) is 18.1 Å². The summed E-state index contributed by atoms with van der Waals surface area (Å²) in [7, 11) is 0. The molecule has 0 saturated heterocycles. The van der Waals surface area contributed by atoms with E-state index in [4.69, 9.17) is 11.6 Å². The third-order valence-corrected chi connectivity index (χ3v) is 2.77. The van der Waals surface area contributed by atoms with Crippen LogP contribution in [0.5, 0.6) is 0 Å². The molecular weight excluding hydrogens is 220 g/mol. The molecule has 2 heterocycles. The molecule has 0 bridgehead atoms. The normalized spacial score (nSPS) is 10.7. The molecule has 0 spiro atoms. The van der Waals surface area contributed by atoms with E-state index in [9.17, 15) is 0 Å². The number of H-pyrrole nitrogens is 1. The third-order valence-electron chi connectivity index (χ3n) is 1.71. The van der Waals surface area contributed by atoms with Crippen molar-refractivity contribution in [2.75, 3.05) is 0 Å². The summed E-state index contributed by atoms with van der Waals surface area (Å²) < 4.78 is 0. The van der Waals surface area contributed by atoms with E-state index in [-0.39, 0.29) is 0 Å². The smallest absolute Gasteiger partial charge is 0.165 e. The van der Waals surface area contributed by atoms with E-state index in [1.807, 2.05) is 12.3 Å². The summed E-state index contributed by atoms with van der Waals surface area (Å²) in [5.41, 5.74) is 1.02. The molecular formula is C8H9ClN4S. The maximum atomic E-state index is 5.59. The van der Waals surface area contributed by atoms with E-state index in [1.165, 1.54) is 0 Å².